The largest absolute Gasteiger partial charge is 0.496 e. The van der Waals surface area contributed by atoms with Crippen LogP contribution < -0.4 is 10.1 Å². The smallest absolute Gasteiger partial charge is 0.228 e. The molecule has 1 amide bonds. The molecular weight excluding hydrogens is 278 g/mol. The number of hydrogen-bond acceptors (Lipinski definition) is 3. The number of ether oxygens (including phenoxy) is 1. The van der Waals surface area contributed by atoms with E-state index in [0.717, 1.165) is 16.9 Å². The Hall–Kier alpha value is -2.62. The third kappa shape index (κ3) is 3.95. The van der Waals surface area contributed by atoms with E-state index < -0.39 is 0 Å². The van der Waals surface area contributed by atoms with Gasteiger partial charge in [-0.05, 0) is 43.2 Å². The summed E-state index contributed by atoms with van der Waals surface area (Å²) in [7, 11) is 1.61. The van der Waals surface area contributed by atoms with Crippen LogP contribution in [-0.4, -0.2) is 18.8 Å². The zero-order valence-electron chi connectivity index (χ0n) is 13.0. The Labute approximate surface area is 130 Å². The van der Waals surface area contributed by atoms with Crippen LogP contribution in [0.5, 0.6) is 5.75 Å². The van der Waals surface area contributed by atoms with E-state index in [1.165, 1.54) is 6.92 Å². The van der Waals surface area contributed by atoms with Crippen molar-refractivity contribution < 1.29 is 14.3 Å². The highest BCUT2D eigenvalue weighted by atomic mass is 16.5. The van der Waals surface area contributed by atoms with Gasteiger partial charge >= 0.3 is 0 Å². The van der Waals surface area contributed by atoms with Gasteiger partial charge in [-0.2, -0.15) is 0 Å². The van der Waals surface area contributed by atoms with Crippen molar-refractivity contribution in [2.45, 2.75) is 20.3 Å². The minimum Gasteiger partial charge on any atom is -0.496 e. The zero-order valence-corrected chi connectivity index (χ0v) is 13.0. The van der Waals surface area contributed by atoms with E-state index in [9.17, 15) is 9.59 Å². The highest BCUT2D eigenvalue weighted by Crippen LogP contribution is 2.19. The average Bonchev–Trinajstić information content (AvgIpc) is 2.49. The van der Waals surface area contributed by atoms with Gasteiger partial charge in [-0.15, -0.1) is 0 Å². The first-order chi connectivity index (χ1) is 10.5. The van der Waals surface area contributed by atoms with E-state index >= 15 is 0 Å². The molecule has 0 aliphatic carbocycles. The zero-order chi connectivity index (χ0) is 16.1. The van der Waals surface area contributed by atoms with Gasteiger partial charge in [0, 0.05) is 11.3 Å². The molecule has 0 saturated carbocycles. The molecule has 0 bridgehead atoms. The van der Waals surface area contributed by atoms with Gasteiger partial charge in [0.25, 0.3) is 0 Å². The van der Waals surface area contributed by atoms with Crippen LogP contribution in [0.4, 0.5) is 5.69 Å². The number of nitrogens with one attached hydrogen (secondary N) is 1. The number of methoxy groups -OCH3 is 1. The topological polar surface area (TPSA) is 55.4 Å². The van der Waals surface area contributed by atoms with Gasteiger partial charge in [0.05, 0.1) is 13.5 Å². The Morgan fingerprint density at radius 1 is 1.14 bits per heavy atom. The maximum absolute atomic E-state index is 12.1. The lowest BCUT2D eigenvalue weighted by Crippen LogP contribution is -2.14. The lowest BCUT2D eigenvalue weighted by molar-refractivity contribution is -0.115. The highest BCUT2D eigenvalue weighted by molar-refractivity contribution is 5.97. The molecule has 2 aromatic rings. The molecule has 1 N–H and O–H groups in total. The van der Waals surface area contributed by atoms with Crippen molar-refractivity contribution in [1.29, 1.82) is 0 Å². The number of amides is 1. The van der Waals surface area contributed by atoms with E-state index in [1.54, 1.807) is 31.4 Å². The molecule has 0 spiro atoms. The van der Waals surface area contributed by atoms with Gasteiger partial charge in [0.1, 0.15) is 5.75 Å². The predicted molar refractivity (Wildman–Crippen MR) is 86.5 cm³/mol. The van der Waals surface area contributed by atoms with Gasteiger partial charge in [-0.25, -0.2) is 0 Å². The third-order valence-electron chi connectivity index (χ3n) is 3.39. The fraction of sp³-hybridized carbons (Fsp3) is 0.222. The second kappa shape index (κ2) is 6.89. The number of Topliss-reactive ketones (excluding diaryl/α,β-unsaturated/α-hetero) is 1. The molecule has 0 unspecified atom stereocenters. The number of rotatable bonds is 5. The van der Waals surface area contributed by atoms with Crippen molar-refractivity contribution in [3.05, 3.63) is 59.2 Å². The number of aryl methyl sites for hydroxylation is 1. The average molecular weight is 297 g/mol. The van der Waals surface area contributed by atoms with Crippen LogP contribution in [0, 0.1) is 6.92 Å². The molecule has 2 aromatic carbocycles. The molecule has 0 aliphatic heterocycles. The Morgan fingerprint density at radius 2 is 1.91 bits per heavy atom. The van der Waals surface area contributed by atoms with E-state index in [-0.39, 0.29) is 18.1 Å². The summed E-state index contributed by atoms with van der Waals surface area (Å²) in [5, 5.41) is 2.81. The number of anilines is 1. The summed E-state index contributed by atoms with van der Waals surface area (Å²) in [5.41, 5.74) is 3.11. The van der Waals surface area contributed by atoms with Crippen LogP contribution in [0.3, 0.4) is 0 Å². The van der Waals surface area contributed by atoms with E-state index in [4.69, 9.17) is 4.74 Å². The number of ketones is 1. The van der Waals surface area contributed by atoms with Crippen LogP contribution >= 0.6 is 0 Å². The third-order valence-corrected chi connectivity index (χ3v) is 3.39. The van der Waals surface area contributed by atoms with Gasteiger partial charge in [0.15, 0.2) is 5.78 Å². The summed E-state index contributed by atoms with van der Waals surface area (Å²) in [6, 6.07) is 12.6. The lowest BCUT2D eigenvalue weighted by atomic mass is 10.1. The van der Waals surface area contributed by atoms with Crippen LogP contribution in [0.2, 0.25) is 0 Å². The molecule has 2 rings (SSSR count). The van der Waals surface area contributed by atoms with E-state index in [1.807, 2.05) is 25.1 Å². The standard InChI is InChI=1S/C18H19NO3/c1-12-7-8-14(9-17(12)22-3)10-18(21)19-16-6-4-5-15(11-16)13(2)20/h4-9,11H,10H2,1-3H3,(H,19,21). The molecule has 4 heteroatoms. The van der Waals surface area contributed by atoms with Crippen molar-refractivity contribution in [3.63, 3.8) is 0 Å². The van der Waals surface area contributed by atoms with E-state index in [2.05, 4.69) is 5.32 Å². The minimum absolute atomic E-state index is 0.0284. The predicted octanol–water partition coefficient (Wildman–Crippen LogP) is 3.39. The number of hydrogen-bond donors (Lipinski definition) is 1. The fourth-order valence-electron chi connectivity index (χ4n) is 2.18. The first-order valence-electron chi connectivity index (χ1n) is 7.04. The lowest BCUT2D eigenvalue weighted by Gasteiger charge is -2.09. The summed E-state index contributed by atoms with van der Waals surface area (Å²) in [5.74, 6) is 0.606. The molecule has 0 aliphatic rings. The fourth-order valence-corrected chi connectivity index (χ4v) is 2.18. The molecule has 22 heavy (non-hydrogen) atoms. The van der Waals surface area contributed by atoms with Gasteiger partial charge in [0.2, 0.25) is 5.91 Å². The summed E-state index contributed by atoms with van der Waals surface area (Å²) in [6.45, 7) is 3.45. The van der Waals surface area contributed by atoms with Crippen LogP contribution in [0.25, 0.3) is 0 Å². The quantitative estimate of drug-likeness (QED) is 0.861. The number of carbonyl (C=O) groups is 2. The Balaban J connectivity index is 2.07. The van der Waals surface area contributed by atoms with Gasteiger partial charge in [-0.1, -0.05) is 24.3 Å². The van der Waals surface area contributed by atoms with Crippen molar-refractivity contribution in [2.24, 2.45) is 0 Å². The summed E-state index contributed by atoms with van der Waals surface area (Å²) < 4.78 is 5.26. The van der Waals surface area contributed by atoms with E-state index in [0.29, 0.717) is 11.3 Å². The van der Waals surface area contributed by atoms with Crippen molar-refractivity contribution in [1.82, 2.24) is 0 Å². The second-order valence-electron chi connectivity index (χ2n) is 5.17. The highest BCUT2D eigenvalue weighted by Gasteiger charge is 2.08. The molecule has 0 atom stereocenters. The second-order valence-corrected chi connectivity index (χ2v) is 5.17. The number of benzene rings is 2. The maximum atomic E-state index is 12.1. The Bertz CT molecular complexity index is 707. The van der Waals surface area contributed by atoms with Crippen LogP contribution in [-0.2, 0) is 11.2 Å². The normalized spacial score (nSPS) is 10.1. The first kappa shape index (κ1) is 15.8. The van der Waals surface area contributed by atoms with Crippen LogP contribution in [0.1, 0.15) is 28.4 Å². The van der Waals surface area contributed by atoms with Crippen molar-refractivity contribution >= 4 is 17.4 Å². The molecule has 4 nitrogen and oxygen atoms in total. The minimum atomic E-state index is -0.133. The molecule has 0 aromatic heterocycles. The SMILES string of the molecule is COc1cc(CC(=O)Nc2cccc(C(C)=O)c2)ccc1C. The maximum Gasteiger partial charge on any atom is 0.228 e. The molecule has 0 fully saturated rings. The monoisotopic (exact) mass is 297 g/mol. The number of carbonyl (C=O) groups excluding carboxylic acids is 2. The Morgan fingerprint density at radius 3 is 2.59 bits per heavy atom. The van der Waals surface area contributed by atoms with Gasteiger partial charge in [-0.3, -0.25) is 9.59 Å². The molecule has 0 radical (unpaired) electrons. The first-order valence-corrected chi connectivity index (χ1v) is 7.04. The molecule has 114 valence electrons. The molecular formula is C18H19NO3. The summed E-state index contributed by atoms with van der Waals surface area (Å²) in [4.78, 5) is 23.5. The van der Waals surface area contributed by atoms with Crippen molar-refractivity contribution in [2.75, 3.05) is 12.4 Å². The Kier molecular flexibility index (Phi) is 4.94. The van der Waals surface area contributed by atoms with Gasteiger partial charge < -0.3 is 10.1 Å². The summed E-state index contributed by atoms with van der Waals surface area (Å²) >= 11 is 0. The molecule has 0 heterocycles. The van der Waals surface area contributed by atoms with Crippen LogP contribution in [0.15, 0.2) is 42.5 Å². The van der Waals surface area contributed by atoms with Crippen molar-refractivity contribution in [3.8, 4) is 5.75 Å². The summed E-state index contributed by atoms with van der Waals surface area (Å²) in [6.07, 6.45) is 0.251. The molecule has 0 saturated heterocycles.